The molecule has 0 radical (unpaired) electrons. The summed E-state index contributed by atoms with van der Waals surface area (Å²) in [7, 11) is 0. The molecule has 3 heteroatoms. The molecule has 0 amide bonds. The highest BCUT2D eigenvalue weighted by molar-refractivity contribution is 7.00. The summed E-state index contributed by atoms with van der Waals surface area (Å²) in [6.45, 7) is 31.5. The van der Waals surface area contributed by atoms with Crippen molar-refractivity contribution in [1.29, 1.82) is 0 Å². The Morgan fingerprint density at radius 2 is 1.00 bits per heavy atom. The van der Waals surface area contributed by atoms with E-state index in [1.807, 2.05) is 0 Å². The minimum Gasteiger partial charge on any atom is -0.311 e. The van der Waals surface area contributed by atoms with Crippen LogP contribution < -0.4 is 26.2 Å². The van der Waals surface area contributed by atoms with Crippen LogP contribution in [0.2, 0.25) is 0 Å². The molecule has 0 saturated heterocycles. The van der Waals surface area contributed by atoms with Crippen molar-refractivity contribution in [3.63, 3.8) is 0 Å². The van der Waals surface area contributed by atoms with Crippen LogP contribution >= 0.6 is 0 Å². The first-order valence-electron chi connectivity index (χ1n) is 27.3. The van der Waals surface area contributed by atoms with Crippen molar-refractivity contribution in [2.24, 2.45) is 16.7 Å². The minimum absolute atomic E-state index is 0.00355. The molecule has 358 valence electrons. The van der Waals surface area contributed by atoms with Gasteiger partial charge in [0, 0.05) is 34.0 Å². The molecule has 0 aromatic heterocycles. The lowest BCUT2D eigenvalue weighted by Gasteiger charge is -2.76. The number of rotatable bonds is 4. The number of benzene rings is 6. The van der Waals surface area contributed by atoms with Crippen LogP contribution in [0.4, 0.5) is 34.1 Å². The summed E-state index contributed by atoms with van der Waals surface area (Å²) in [6, 6.07) is 47.1. The fourth-order valence-corrected chi connectivity index (χ4v) is 16.7. The molecule has 10 aliphatic rings. The normalized spacial score (nSPS) is 26.3. The molecule has 6 aromatic carbocycles. The molecule has 2 aliphatic heterocycles. The van der Waals surface area contributed by atoms with E-state index in [0.717, 1.165) is 5.92 Å². The summed E-state index contributed by atoms with van der Waals surface area (Å²) < 4.78 is 0. The monoisotopic (exact) mass is 921 g/mol. The summed E-state index contributed by atoms with van der Waals surface area (Å²) in [5.41, 5.74) is 25.2. The summed E-state index contributed by atoms with van der Waals surface area (Å²) in [4.78, 5) is 5.54. The summed E-state index contributed by atoms with van der Waals surface area (Å²) in [5, 5.41) is 0. The average Bonchev–Trinajstić information content (AvgIpc) is 3.28. The van der Waals surface area contributed by atoms with Gasteiger partial charge in [0.25, 0.3) is 6.71 Å². The van der Waals surface area contributed by atoms with Crippen LogP contribution in [0.15, 0.2) is 115 Å². The lowest BCUT2D eigenvalue weighted by Crippen LogP contribution is -2.67. The molecule has 8 aliphatic carbocycles. The first-order valence-corrected chi connectivity index (χ1v) is 27.3. The first-order chi connectivity index (χ1) is 32.9. The van der Waals surface area contributed by atoms with Gasteiger partial charge in [-0.3, -0.25) is 0 Å². The third kappa shape index (κ3) is 6.50. The van der Waals surface area contributed by atoms with E-state index in [4.69, 9.17) is 0 Å². The molecule has 4 bridgehead atoms. The Morgan fingerprint density at radius 1 is 0.471 bits per heavy atom. The van der Waals surface area contributed by atoms with Crippen molar-refractivity contribution in [3.8, 4) is 11.1 Å². The number of hydrogen-bond donors (Lipinski definition) is 0. The molecule has 16 rings (SSSR count). The molecule has 0 atom stereocenters. The van der Waals surface area contributed by atoms with Crippen molar-refractivity contribution in [2.75, 3.05) is 9.80 Å². The minimum atomic E-state index is -0.00977. The largest absolute Gasteiger partial charge is 0.311 e. The SMILES string of the molecule is CC(C)(C)c1ccc(N2c3ccc(C(C)(C)C)cc3B3c4cc5c(cc4N(c4ccc(C(C)(C)C)cc4-c4ccccc4)c4cc(C67CC8CC9(CC(C8)(C9)C6)C7)cc2c43)C(C)(C)CCC5(C)C)cc1. The van der Waals surface area contributed by atoms with E-state index in [1.165, 1.54) is 147 Å². The zero-order valence-corrected chi connectivity index (χ0v) is 44.9. The second-order valence-corrected chi connectivity index (χ2v) is 28.9. The van der Waals surface area contributed by atoms with Gasteiger partial charge in [0.2, 0.25) is 0 Å². The van der Waals surface area contributed by atoms with Gasteiger partial charge in [-0.2, -0.15) is 0 Å². The fourth-order valence-electron chi connectivity index (χ4n) is 16.7. The Bertz CT molecular complexity index is 3130. The van der Waals surface area contributed by atoms with E-state index in [9.17, 15) is 0 Å². The zero-order chi connectivity index (χ0) is 48.9. The fraction of sp³-hybridized carbons (Fsp3) is 0.463. The molecule has 2 spiro atoms. The van der Waals surface area contributed by atoms with Gasteiger partial charge in [0.15, 0.2) is 0 Å². The van der Waals surface area contributed by atoms with E-state index >= 15 is 0 Å². The van der Waals surface area contributed by atoms with E-state index < -0.39 is 0 Å². The number of anilines is 6. The van der Waals surface area contributed by atoms with Gasteiger partial charge >= 0.3 is 0 Å². The van der Waals surface area contributed by atoms with Gasteiger partial charge in [-0.25, -0.2) is 0 Å². The van der Waals surface area contributed by atoms with Crippen LogP contribution in [0.5, 0.6) is 0 Å². The number of nitrogens with zero attached hydrogens (tertiary/aromatic N) is 2. The van der Waals surface area contributed by atoms with Gasteiger partial charge in [-0.05, 0) is 211 Å². The van der Waals surface area contributed by atoms with E-state index in [1.54, 1.807) is 5.56 Å². The lowest BCUT2D eigenvalue weighted by atomic mass is 9.28. The molecule has 6 aromatic rings. The van der Waals surface area contributed by atoms with Crippen LogP contribution in [0.1, 0.15) is 181 Å². The molecular weight excluding hydrogens is 844 g/mol. The maximum atomic E-state index is 2.82. The standard InChI is InChI=1S/C67H77BN2/c1-60(2,3)44-19-23-48(24-20-44)69-55-26-22-46(62(7,8)9)30-52(55)68-53-33-50-51(64(12,13)28-27-63(50,10)11)34-56(53)70(54-25-21-45(61(4,5)6)29-49(54)43-17-15-14-16-18-43)58-32-47(31-57(69)59(58)68)67-37-42-35-65(40-67)38-66(36-42,39-65)41-67/h14-26,29-34,42H,27-28,35-41H2,1-13H3. The third-order valence-electron chi connectivity index (χ3n) is 19.7. The molecule has 70 heavy (non-hydrogen) atoms. The smallest absolute Gasteiger partial charge is 0.252 e. The van der Waals surface area contributed by atoms with Crippen LogP contribution in [0.3, 0.4) is 0 Å². The van der Waals surface area contributed by atoms with Gasteiger partial charge in [-0.1, -0.05) is 157 Å². The second-order valence-electron chi connectivity index (χ2n) is 28.9. The number of fused-ring (bicyclic) bond motifs is 5. The Balaban J connectivity index is 1.17. The van der Waals surface area contributed by atoms with Crippen LogP contribution in [0.25, 0.3) is 11.1 Å². The molecule has 2 nitrogen and oxygen atoms in total. The third-order valence-corrected chi connectivity index (χ3v) is 19.7. The Hall–Kier alpha value is -5.02. The Labute approximate surface area is 421 Å². The zero-order valence-electron chi connectivity index (χ0n) is 44.9. The second kappa shape index (κ2) is 14.1. The maximum absolute atomic E-state index is 2.82. The van der Waals surface area contributed by atoms with E-state index in [2.05, 4.69) is 215 Å². The summed E-state index contributed by atoms with van der Waals surface area (Å²) in [5.74, 6) is 0.853. The van der Waals surface area contributed by atoms with Crippen LogP contribution in [-0.4, -0.2) is 6.71 Å². The van der Waals surface area contributed by atoms with Gasteiger partial charge in [-0.15, -0.1) is 0 Å². The molecule has 7 saturated carbocycles. The predicted octanol–water partition coefficient (Wildman–Crippen LogP) is 16.3. The maximum Gasteiger partial charge on any atom is 0.252 e. The summed E-state index contributed by atoms with van der Waals surface area (Å²) in [6.07, 6.45) is 12.3. The van der Waals surface area contributed by atoms with Crippen molar-refractivity contribution in [3.05, 3.63) is 149 Å². The topological polar surface area (TPSA) is 6.48 Å². The van der Waals surface area contributed by atoms with Gasteiger partial charge < -0.3 is 9.80 Å². The lowest BCUT2D eigenvalue weighted by molar-refractivity contribution is -0.232. The first kappa shape index (κ1) is 44.9. The van der Waals surface area contributed by atoms with Crippen LogP contribution in [-0.2, 0) is 32.5 Å². The Kier molecular flexibility index (Phi) is 9.07. The van der Waals surface area contributed by atoms with Crippen molar-refractivity contribution >= 4 is 57.2 Å². The predicted molar refractivity (Wildman–Crippen MR) is 300 cm³/mol. The highest BCUT2D eigenvalue weighted by Gasteiger charge is 2.71. The van der Waals surface area contributed by atoms with Crippen LogP contribution in [0, 0.1) is 16.7 Å². The molecule has 0 N–H and O–H groups in total. The average molecular weight is 921 g/mol. The van der Waals surface area contributed by atoms with Crippen molar-refractivity contribution < 1.29 is 0 Å². The van der Waals surface area contributed by atoms with Gasteiger partial charge in [0.05, 0.1) is 5.69 Å². The van der Waals surface area contributed by atoms with Gasteiger partial charge in [0.1, 0.15) is 0 Å². The summed E-state index contributed by atoms with van der Waals surface area (Å²) >= 11 is 0. The Morgan fingerprint density at radius 3 is 1.59 bits per heavy atom. The molecule has 2 heterocycles. The van der Waals surface area contributed by atoms with Crippen molar-refractivity contribution in [2.45, 2.75) is 180 Å². The number of hydrogen-bond acceptors (Lipinski definition) is 2. The molecule has 7 fully saturated rings. The van der Waals surface area contributed by atoms with E-state index in [-0.39, 0.29) is 39.2 Å². The van der Waals surface area contributed by atoms with E-state index in [0.29, 0.717) is 10.8 Å². The quantitative estimate of drug-likeness (QED) is 0.162. The highest BCUT2D eigenvalue weighted by atomic mass is 15.2. The van der Waals surface area contributed by atoms with Crippen molar-refractivity contribution in [1.82, 2.24) is 0 Å². The molecular formula is C67H77BN2. The molecule has 0 unspecified atom stereocenters. The highest BCUT2D eigenvalue weighted by Crippen LogP contribution is 2.81.